The third-order valence-electron chi connectivity index (χ3n) is 7.52. The third kappa shape index (κ3) is 1.69. The number of esters is 1. The van der Waals surface area contributed by atoms with E-state index in [0.717, 1.165) is 25.9 Å². The SMILES string of the molecule is C/C=C1/CN2CC[C@@]34c5ccccc5N(C)[C@@H]3[C@@H]2C[C@@H]1C4C(=O)OC. The lowest BCUT2D eigenvalue weighted by Gasteiger charge is -2.63. The molecule has 3 aliphatic heterocycles. The summed E-state index contributed by atoms with van der Waals surface area (Å²) in [5.41, 5.74) is 3.98. The molecule has 0 radical (unpaired) electrons. The van der Waals surface area contributed by atoms with Gasteiger partial charge in [-0.3, -0.25) is 9.69 Å². The first-order chi connectivity index (χ1) is 12.1. The molecule has 4 aliphatic rings. The molecule has 1 unspecified atom stereocenters. The second-order valence-electron chi connectivity index (χ2n) is 8.11. The van der Waals surface area contributed by atoms with Gasteiger partial charge in [-0.2, -0.15) is 0 Å². The fraction of sp³-hybridized carbons (Fsp3) is 0.571. The number of hydrogen-bond acceptors (Lipinski definition) is 4. The zero-order valence-electron chi connectivity index (χ0n) is 15.2. The first-order valence-corrected chi connectivity index (χ1v) is 9.42. The summed E-state index contributed by atoms with van der Waals surface area (Å²) in [5.74, 6) is 0.224. The van der Waals surface area contributed by atoms with Crippen LogP contribution in [0, 0.1) is 11.8 Å². The lowest BCUT2D eigenvalue weighted by atomic mass is 9.50. The van der Waals surface area contributed by atoms with E-state index in [1.165, 1.54) is 16.8 Å². The van der Waals surface area contributed by atoms with Crippen LogP contribution in [0.2, 0.25) is 0 Å². The van der Waals surface area contributed by atoms with Crippen LogP contribution in [0.3, 0.4) is 0 Å². The van der Waals surface area contributed by atoms with Gasteiger partial charge in [0.05, 0.1) is 19.1 Å². The molecule has 5 atom stereocenters. The Bertz CT molecular complexity index is 773. The van der Waals surface area contributed by atoms with Crippen LogP contribution in [0.25, 0.3) is 0 Å². The number of methoxy groups -OCH3 is 1. The smallest absolute Gasteiger partial charge is 0.310 e. The first-order valence-electron chi connectivity index (χ1n) is 9.42. The monoisotopic (exact) mass is 338 g/mol. The fourth-order valence-corrected chi connectivity index (χ4v) is 6.67. The van der Waals surface area contributed by atoms with Gasteiger partial charge in [-0.05, 0) is 43.9 Å². The number of ether oxygens (including phenoxy) is 1. The summed E-state index contributed by atoms with van der Waals surface area (Å²) in [6.07, 6.45) is 4.36. The van der Waals surface area contributed by atoms with Crippen LogP contribution in [-0.2, 0) is 14.9 Å². The van der Waals surface area contributed by atoms with Crippen molar-refractivity contribution in [2.75, 3.05) is 32.1 Å². The van der Waals surface area contributed by atoms with Crippen LogP contribution in [0.5, 0.6) is 0 Å². The van der Waals surface area contributed by atoms with E-state index in [0.29, 0.717) is 18.0 Å². The standard InChI is InChI=1S/C21H26N2O2/c1-4-13-12-23-10-9-21-15-7-5-6-8-16(15)22(2)19(21)17(23)11-14(13)18(21)20(24)25-3/h4-8,14,17-19H,9-12H2,1-3H3/b13-4-/t14-,17-,18?,19+,21-/m0/s1. The van der Waals surface area contributed by atoms with Gasteiger partial charge in [-0.25, -0.2) is 0 Å². The van der Waals surface area contributed by atoms with E-state index >= 15 is 0 Å². The molecule has 0 spiro atoms. The number of likely N-dealkylation sites (N-methyl/N-ethyl adjacent to an activating group) is 1. The molecule has 0 aromatic heterocycles. The molecule has 3 bridgehead atoms. The lowest BCUT2D eigenvalue weighted by molar-refractivity contribution is -0.158. The molecule has 4 heteroatoms. The van der Waals surface area contributed by atoms with E-state index in [2.05, 4.69) is 54.1 Å². The van der Waals surface area contributed by atoms with Gasteiger partial charge in [0.2, 0.25) is 0 Å². The maximum absolute atomic E-state index is 13.1. The highest BCUT2D eigenvalue weighted by Gasteiger charge is 2.68. The number of hydrogen-bond donors (Lipinski definition) is 0. The minimum Gasteiger partial charge on any atom is -0.469 e. The molecule has 1 aliphatic carbocycles. The summed E-state index contributed by atoms with van der Waals surface area (Å²) in [6.45, 7) is 4.20. The molecule has 2 saturated heterocycles. The average molecular weight is 338 g/mol. The van der Waals surface area contributed by atoms with Gasteiger partial charge in [-0.15, -0.1) is 0 Å². The molecule has 0 amide bonds. The topological polar surface area (TPSA) is 32.8 Å². The van der Waals surface area contributed by atoms with E-state index in [-0.39, 0.29) is 17.3 Å². The molecule has 1 aromatic carbocycles. The van der Waals surface area contributed by atoms with Crippen molar-refractivity contribution in [3.63, 3.8) is 0 Å². The Balaban J connectivity index is 1.78. The molecule has 4 nitrogen and oxygen atoms in total. The Kier molecular flexibility index (Phi) is 3.15. The number of carbonyl (C=O) groups excluding carboxylic acids is 1. The number of para-hydroxylation sites is 1. The van der Waals surface area contributed by atoms with Gasteiger partial charge in [0.25, 0.3) is 0 Å². The molecular weight excluding hydrogens is 312 g/mol. The molecular formula is C21H26N2O2. The highest BCUT2D eigenvalue weighted by atomic mass is 16.5. The second-order valence-corrected chi connectivity index (χ2v) is 8.11. The molecule has 3 fully saturated rings. The lowest BCUT2D eigenvalue weighted by Crippen LogP contribution is -2.72. The second kappa shape index (κ2) is 5.10. The predicted octanol–water partition coefficient (Wildman–Crippen LogP) is 2.59. The van der Waals surface area contributed by atoms with E-state index in [1.54, 1.807) is 7.11 Å². The van der Waals surface area contributed by atoms with Crippen molar-refractivity contribution in [3.05, 3.63) is 41.5 Å². The van der Waals surface area contributed by atoms with Crippen molar-refractivity contribution in [3.8, 4) is 0 Å². The van der Waals surface area contributed by atoms with Crippen molar-refractivity contribution >= 4 is 11.7 Å². The van der Waals surface area contributed by atoms with Gasteiger partial charge < -0.3 is 9.64 Å². The largest absolute Gasteiger partial charge is 0.469 e. The minimum atomic E-state index is -0.114. The zero-order chi connectivity index (χ0) is 17.3. The van der Waals surface area contributed by atoms with Crippen molar-refractivity contribution in [2.24, 2.45) is 11.8 Å². The Morgan fingerprint density at radius 2 is 2.16 bits per heavy atom. The number of benzene rings is 1. The molecule has 1 saturated carbocycles. The van der Waals surface area contributed by atoms with E-state index < -0.39 is 0 Å². The number of fused-ring (bicyclic) bond motifs is 2. The summed E-state index contributed by atoms with van der Waals surface area (Å²) < 4.78 is 5.38. The molecule has 132 valence electrons. The minimum absolute atomic E-state index is 0.0201. The Morgan fingerprint density at radius 1 is 1.36 bits per heavy atom. The Morgan fingerprint density at radius 3 is 2.92 bits per heavy atom. The number of rotatable bonds is 1. The summed E-state index contributed by atoms with van der Waals surface area (Å²) in [6, 6.07) is 9.63. The van der Waals surface area contributed by atoms with Crippen molar-refractivity contribution in [1.29, 1.82) is 0 Å². The summed E-state index contributed by atoms with van der Waals surface area (Å²) >= 11 is 0. The van der Waals surface area contributed by atoms with Crippen molar-refractivity contribution in [1.82, 2.24) is 4.90 Å². The van der Waals surface area contributed by atoms with Gasteiger partial charge in [0.1, 0.15) is 0 Å². The predicted molar refractivity (Wildman–Crippen MR) is 97.7 cm³/mol. The molecule has 5 rings (SSSR count). The van der Waals surface area contributed by atoms with Crippen molar-refractivity contribution < 1.29 is 9.53 Å². The summed E-state index contributed by atoms with van der Waals surface area (Å²) in [5, 5.41) is 0. The molecule has 1 aromatic rings. The normalized spacial score (nSPS) is 40.1. The van der Waals surface area contributed by atoms with E-state index in [1.807, 2.05) is 0 Å². The van der Waals surface area contributed by atoms with Crippen LogP contribution < -0.4 is 4.90 Å². The quantitative estimate of drug-likeness (QED) is 0.582. The molecule has 3 heterocycles. The maximum atomic E-state index is 13.1. The van der Waals surface area contributed by atoms with E-state index in [4.69, 9.17) is 4.74 Å². The van der Waals surface area contributed by atoms with Crippen LogP contribution in [0.4, 0.5) is 5.69 Å². The van der Waals surface area contributed by atoms with Gasteiger partial charge in [-0.1, -0.05) is 29.8 Å². The van der Waals surface area contributed by atoms with E-state index in [9.17, 15) is 4.79 Å². The Labute approximate surface area is 149 Å². The highest BCUT2D eigenvalue weighted by Crippen LogP contribution is 2.63. The van der Waals surface area contributed by atoms with Crippen LogP contribution in [-0.4, -0.2) is 50.2 Å². The van der Waals surface area contributed by atoms with Crippen LogP contribution in [0.15, 0.2) is 35.9 Å². The van der Waals surface area contributed by atoms with Crippen LogP contribution >= 0.6 is 0 Å². The number of piperidine rings is 2. The van der Waals surface area contributed by atoms with Crippen LogP contribution in [0.1, 0.15) is 25.3 Å². The zero-order valence-corrected chi connectivity index (χ0v) is 15.2. The third-order valence-corrected chi connectivity index (χ3v) is 7.52. The number of allylic oxidation sites excluding steroid dienone is 1. The average Bonchev–Trinajstić information content (AvgIpc) is 2.91. The first kappa shape index (κ1) is 15.4. The molecule has 0 N–H and O–H groups in total. The van der Waals surface area contributed by atoms with Crippen molar-refractivity contribution in [2.45, 2.75) is 37.3 Å². The van der Waals surface area contributed by atoms with Gasteiger partial charge in [0.15, 0.2) is 0 Å². The number of anilines is 1. The fourth-order valence-electron chi connectivity index (χ4n) is 6.67. The van der Waals surface area contributed by atoms with Gasteiger partial charge in [0, 0.05) is 30.7 Å². The maximum Gasteiger partial charge on any atom is 0.310 e. The molecule has 25 heavy (non-hydrogen) atoms. The number of nitrogens with zero attached hydrogens (tertiary/aromatic N) is 2. The Hall–Kier alpha value is -1.81. The highest BCUT2D eigenvalue weighted by molar-refractivity contribution is 5.80. The van der Waals surface area contributed by atoms with Gasteiger partial charge >= 0.3 is 5.97 Å². The summed E-state index contributed by atoms with van der Waals surface area (Å²) in [4.78, 5) is 18.2. The summed E-state index contributed by atoms with van der Waals surface area (Å²) in [7, 11) is 3.77. The number of carbonyl (C=O) groups is 1.